The second-order valence-electron chi connectivity index (χ2n) is 4.34. The molecule has 3 nitrogen and oxygen atoms in total. The van der Waals surface area contributed by atoms with Gasteiger partial charge in [-0.3, -0.25) is 0 Å². The van der Waals surface area contributed by atoms with E-state index in [0.29, 0.717) is 0 Å². The quantitative estimate of drug-likeness (QED) is 0.877. The lowest BCUT2D eigenvalue weighted by Gasteiger charge is -2.03. The van der Waals surface area contributed by atoms with Crippen molar-refractivity contribution >= 4 is 0 Å². The molecule has 0 fully saturated rings. The van der Waals surface area contributed by atoms with E-state index < -0.39 is 0 Å². The highest BCUT2D eigenvalue weighted by Crippen LogP contribution is 2.14. The van der Waals surface area contributed by atoms with Crippen LogP contribution in [0.25, 0.3) is 0 Å². The van der Waals surface area contributed by atoms with Gasteiger partial charge in [0, 0.05) is 12.5 Å². The first-order chi connectivity index (χ1) is 8.19. The summed E-state index contributed by atoms with van der Waals surface area (Å²) in [5.74, 6) is 0.769. The van der Waals surface area contributed by atoms with Crippen LogP contribution in [-0.2, 0) is 6.42 Å². The van der Waals surface area contributed by atoms with E-state index in [1.54, 1.807) is 6.26 Å². The molecule has 17 heavy (non-hydrogen) atoms. The highest BCUT2D eigenvalue weighted by atomic mass is 16.3. The number of nitrogens with zero attached hydrogens (tertiary/aromatic N) is 1. The molecule has 2 aromatic rings. The van der Waals surface area contributed by atoms with Crippen molar-refractivity contribution in [3.8, 4) is 0 Å². The molecule has 90 valence electrons. The van der Waals surface area contributed by atoms with Crippen LogP contribution < -0.4 is 5.32 Å². The molecule has 1 heterocycles. The molecule has 3 heteroatoms. The molecule has 0 aliphatic rings. The second kappa shape index (κ2) is 5.15. The number of hydrogen-bond acceptors (Lipinski definition) is 3. The fraction of sp³-hybridized carbons (Fsp3) is 0.357. The van der Waals surface area contributed by atoms with Crippen molar-refractivity contribution in [2.24, 2.45) is 0 Å². The molecule has 1 atom stereocenters. The normalized spacial score (nSPS) is 12.6. The van der Waals surface area contributed by atoms with Gasteiger partial charge < -0.3 is 9.73 Å². The van der Waals surface area contributed by atoms with Crippen molar-refractivity contribution in [1.82, 2.24) is 10.3 Å². The van der Waals surface area contributed by atoms with Crippen LogP contribution in [0.2, 0.25) is 0 Å². The average Bonchev–Trinajstić information content (AvgIpc) is 2.80. The summed E-state index contributed by atoms with van der Waals surface area (Å²) in [6, 6.07) is 8.66. The minimum absolute atomic E-state index is 0.227. The Morgan fingerprint density at radius 1 is 1.29 bits per heavy atom. The van der Waals surface area contributed by atoms with Crippen LogP contribution in [0.3, 0.4) is 0 Å². The van der Waals surface area contributed by atoms with Crippen LogP contribution in [-0.4, -0.2) is 12.0 Å². The van der Waals surface area contributed by atoms with Gasteiger partial charge >= 0.3 is 0 Å². The molecule has 1 N–H and O–H groups in total. The SMILES string of the molecule is CNC(C)c1coc(Cc2ccc(C)cc2)n1. The highest BCUT2D eigenvalue weighted by Gasteiger charge is 2.09. The van der Waals surface area contributed by atoms with E-state index in [1.165, 1.54) is 11.1 Å². The zero-order chi connectivity index (χ0) is 12.3. The van der Waals surface area contributed by atoms with Crippen molar-refractivity contribution in [3.05, 3.63) is 53.2 Å². The van der Waals surface area contributed by atoms with Gasteiger partial charge in [-0.15, -0.1) is 0 Å². The van der Waals surface area contributed by atoms with E-state index in [9.17, 15) is 0 Å². The zero-order valence-corrected chi connectivity index (χ0v) is 10.5. The number of oxazole rings is 1. The first-order valence-electron chi connectivity index (χ1n) is 5.86. The Labute approximate surface area is 102 Å². The lowest BCUT2D eigenvalue weighted by atomic mass is 10.1. The molecule has 0 saturated carbocycles. The third kappa shape index (κ3) is 2.94. The summed E-state index contributed by atoms with van der Waals surface area (Å²) < 4.78 is 5.47. The first kappa shape index (κ1) is 11.9. The molecule has 0 radical (unpaired) electrons. The Morgan fingerprint density at radius 2 is 2.00 bits per heavy atom. The van der Waals surface area contributed by atoms with Crippen molar-refractivity contribution in [1.29, 1.82) is 0 Å². The summed E-state index contributed by atoms with van der Waals surface area (Å²) in [6.07, 6.45) is 2.47. The Morgan fingerprint density at radius 3 is 2.65 bits per heavy atom. The molecule has 2 rings (SSSR count). The lowest BCUT2D eigenvalue weighted by Crippen LogP contribution is -2.12. The van der Waals surface area contributed by atoms with Crippen LogP contribution in [0.4, 0.5) is 0 Å². The first-order valence-corrected chi connectivity index (χ1v) is 5.86. The zero-order valence-electron chi connectivity index (χ0n) is 10.5. The number of rotatable bonds is 4. The van der Waals surface area contributed by atoms with Crippen LogP contribution in [0.5, 0.6) is 0 Å². The number of aromatic nitrogens is 1. The van der Waals surface area contributed by atoms with Crippen LogP contribution in [0.1, 0.15) is 35.7 Å². The Bertz CT molecular complexity index is 473. The minimum Gasteiger partial charge on any atom is -0.448 e. The van der Waals surface area contributed by atoms with E-state index in [4.69, 9.17) is 4.42 Å². The van der Waals surface area contributed by atoms with Gasteiger partial charge in [0.05, 0.1) is 5.69 Å². The molecule has 1 aromatic carbocycles. The van der Waals surface area contributed by atoms with E-state index in [2.05, 4.69) is 48.4 Å². The average molecular weight is 230 g/mol. The van der Waals surface area contributed by atoms with Gasteiger partial charge in [0.2, 0.25) is 0 Å². The third-order valence-corrected chi connectivity index (χ3v) is 2.92. The molecule has 1 aromatic heterocycles. The third-order valence-electron chi connectivity index (χ3n) is 2.92. The van der Waals surface area contributed by atoms with E-state index >= 15 is 0 Å². The summed E-state index contributed by atoms with van der Waals surface area (Å²) in [5.41, 5.74) is 3.45. The summed E-state index contributed by atoms with van der Waals surface area (Å²) in [5, 5.41) is 3.14. The molecule has 0 spiro atoms. The minimum atomic E-state index is 0.227. The number of hydrogen-bond donors (Lipinski definition) is 1. The van der Waals surface area contributed by atoms with Crippen molar-refractivity contribution in [3.63, 3.8) is 0 Å². The summed E-state index contributed by atoms with van der Waals surface area (Å²) >= 11 is 0. The predicted octanol–water partition coefficient (Wildman–Crippen LogP) is 2.85. The molecule has 1 unspecified atom stereocenters. The van der Waals surface area contributed by atoms with Gasteiger partial charge in [0.15, 0.2) is 5.89 Å². The van der Waals surface area contributed by atoms with Gasteiger partial charge in [0.1, 0.15) is 6.26 Å². The molecular weight excluding hydrogens is 212 g/mol. The molecule has 0 aliphatic heterocycles. The number of benzene rings is 1. The van der Waals surface area contributed by atoms with E-state index in [0.717, 1.165) is 18.0 Å². The monoisotopic (exact) mass is 230 g/mol. The predicted molar refractivity (Wildman–Crippen MR) is 68.0 cm³/mol. The van der Waals surface area contributed by atoms with Crippen molar-refractivity contribution in [2.45, 2.75) is 26.3 Å². The van der Waals surface area contributed by atoms with Crippen molar-refractivity contribution < 1.29 is 4.42 Å². The maximum Gasteiger partial charge on any atom is 0.198 e. The number of aryl methyl sites for hydroxylation is 1. The fourth-order valence-electron chi connectivity index (χ4n) is 1.63. The van der Waals surface area contributed by atoms with Crippen molar-refractivity contribution in [2.75, 3.05) is 7.05 Å². The topological polar surface area (TPSA) is 38.1 Å². The van der Waals surface area contributed by atoms with Crippen LogP contribution >= 0.6 is 0 Å². The lowest BCUT2D eigenvalue weighted by molar-refractivity contribution is 0.505. The molecule has 0 saturated heterocycles. The number of nitrogens with one attached hydrogen (secondary N) is 1. The van der Waals surface area contributed by atoms with Crippen LogP contribution in [0, 0.1) is 6.92 Å². The highest BCUT2D eigenvalue weighted by molar-refractivity contribution is 5.23. The fourth-order valence-corrected chi connectivity index (χ4v) is 1.63. The Kier molecular flexibility index (Phi) is 3.59. The van der Waals surface area contributed by atoms with Gasteiger partial charge in [-0.05, 0) is 26.5 Å². The summed E-state index contributed by atoms with van der Waals surface area (Å²) in [6.45, 7) is 4.15. The van der Waals surface area contributed by atoms with Crippen LogP contribution in [0.15, 0.2) is 34.9 Å². The molecule has 0 amide bonds. The van der Waals surface area contributed by atoms with Gasteiger partial charge in [-0.1, -0.05) is 29.8 Å². The smallest absolute Gasteiger partial charge is 0.198 e. The maximum atomic E-state index is 5.47. The molecule has 0 bridgehead atoms. The summed E-state index contributed by atoms with van der Waals surface area (Å²) in [7, 11) is 1.92. The maximum absolute atomic E-state index is 5.47. The molecule has 0 aliphatic carbocycles. The van der Waals surface area contributed by atoms with Gasteiger partial charge in [-0.25, -0.2) is 4.98 Å². The second-order valence-corrected chi connectivity index (χ2v) is 4.34. The standard InChI is InChI=1S/C14H18N2O/c1-10-4-6-12(7-5-10)8-14-16-13(9-17-14)11(2)15-3/h4-7,9,11,15H,8H2,1-3H3. The Balaban J connectivity index is 2.08. The molecular formula is C14H18N2O. The van der Waals surface area contributed by atoms with Gasteiger partial charge in [0.25, 0.3) is 0 Å². The van der Waals surface area contributed by atoms with E-state index in [-0.39, 0.29) is 6.04 Å². The van der Waals surface area contributed by atoms with Gasteiger partial charge in [-0.2, -0.15) is 0 Å². The van der Waals surface area contributed by atoms with E-state index in [1.807, 2.05) is 7.05 Å². The largest absolute Gasteiger partial charge is 0.448 e. The Hall–Kier alpha value is -1.61. The summed E-state index contributed by atoms with van der Waals surface area (Å²) in [4.78, 5) is 4.47.